The average molecular weight is 279 g/mol. The third-order valence-electron chi connectivity index (χ3n) is 2.44. The molecule has 0 aliphatic rings. The topological polar surface area (TPSA) is 88.1 Å². The summed E-state index contributed by atoms with van der Waals surface area (Å²) in [5.41, 5.74) is 1.04. The summed E-state index contributed by atoms with van der Waals surface area (Å²) in [6.07, 6.45) is 0. The van der Waals surface area contributed by atoms with E-state index >= 15 is 0 Å². The normalized spacial score (nSPS) is 10.4. The number of carboxylic acid groups (broad SMARTS) is 1. The van der Waals surface area contributed by atoms with Gasteiger partial charge in [-0.3, -0.25) is 5.10 Å². The van der Waals surface area contributed by atoms with Gasteiger partial charge in [0.05, 0.1) is 7.11 Å². The molecule has 100 valence electrons. The molecule has 2 rings (SSSR count). The van der Waals surface area contributed by atoms with Crippen LogP contribution in [0.2, 0.25) is 0 Å². The number of thioether (sulfide) groups is 1. The van der Waals surface area contributed by atoms with Crippen molar-refractivity contribution in [2.24, 2.45) is 0 Å². The van der Waals surface area contributed by atoms with Crippen LogP contribution in [0.15, 0.2) is 23.4 Å². The van der Waals surface area contributed by atoms with Crippen LogP contribution in [0.25, 0.3) is 0 Å². The monoisotopic (exact) mass is 279 g/mol. The van der Waals surface area contributed by atoms with Gasteiger partial charge < -0.3 is 9.84 Å². The molecule has 19 heavy (non-hydrogen) atoms. The number of aromatic amines is 1. The number of aromatic carboxylic acids is 1. The number of hydrogen-bond donors (Lipinski definition) is 2. The van der Waals surface area contributed by atoms with E-state index in [2.05, 4.69) is 15.2 Å². The van der Waals surface area contributed by atoms with Crippen LogP contribution in [0, 0.1) is 6.92 Å². The zero-order chi connectivity index (χ0) is 13.8. The standard InChI is InChI=1S/C12H13N3O3S/c1-7-13-12(15-14-7)19-6-8-3-4-10(18-2)9(5-8)11(16)17/h3-5H,6H2,1-2H3,(H,16,17)(H,13,14,15). The quantitative estimate of drug-likeness (QED) is 0.815. The van der Waals surface area contributed by atoms with Crippen molar-refractivity contribution in [1.82, 2.24) is 15.2 Å². The van der Waals surface area contributed by atoms with Crippen molar-refractivity contribution in [3.63, 3.8) is 0 Å². The average Bonchev–Trinajstić information content (AvgIpc) is 2.81. The van der Waals surface area contributed by atoms with E-state index in [0.717, 1.165) is 11.4 Å². The van der Waals surface area contributed by atoms with E-state index in [-0.39, 0.29) is 5.56 Å². The van der Waals surface area contributed by atoms with E-state index in [1.165, 1.54) is 18.9 Å². The molecule has 2 aromatic rings. The summed E-state index contributed by atoms with van der Waals surface area (Å²) in [7, 11) is 1.45. The van der Waals surface area contributed by atoms with Crippen molar-refractivity contribution in [2.75, 3.05) is 7.11 Å². The van der Waals surface area contributed by atoms with Gasteiger partial charge in [0.25, 0.3) is 0 Å². The number of carbonyl (C=O) groups is 1. The Morgan fingerprint density at radius 1 is 1.53 bits per heavy atom. The van der Waals surface area contributed by atoms with Gasteiger partial charge in [0.1, 0.15) is 17.1 Å². The number of hydrogen-bond acceptors (Lipinski definition) is 5. The highest BCUT2D eigenvalue weighted by atomic mass is 32.2. The summed E-state index contributed by atoms with van der Waals surface area (Å²) in [5, 5.41) is 16.5. The van der Waals surface area contributed by atoms with Crippen LogP contribution >= 0.6 is 11.8 Å². The Hall–Kier alpha value is -2.02. The van der Waals surface area contributed by atoms with E-state index in [9.17, 15) is 4.79 Å². The van der Waals surface area contributed by atoms with Gasteiger partial charge in [-0.1, -0.05) is 17.8 Å². The van der Waals surface area contributed by atoms with Gasteiger partial charge in [0.2, 0.25) is 5.16 Å². The molecule has 0 bridgehead atoms. The van der Waals surface area contributed by atoms with Gasteiger partial charge in [-0.05, 0) is 24.6 Å². The molecule has 1 heterocycles. The molecule has 7 heteroatoms. The first kappa shape index (κ1) is 13.4. The minimum atomic E-state index is -1.00. The molecule has 0 saturated carbocycles. The van der Waals surface area contributed by atoms with Crippen LogP contribution in [0.5, 0.6) is 5.75 Å². The second-order valence-electron chi connectivity index (χ2n) is 3.83. The second kappa shape index (κ2) is 5.75. The molecule has 0 aliphatic heterocycles. The molecule has 0 spiro atoms. The first-order chi connectivity index (χ1) is 9.10. The Labute approximate surface area is 114 Å². The fourth-order valence-electron chi connectivity index (χ4n) is 1.55. The number of H-pyrrole nitrogens is 1. The third-order valence-corrected chi connectivity index (χ3v) is 3.36. The van der Waals surface area contributed by atoms with Crippen molar-refractivity contribution in [2.45, 2.75) is 17.8 Å². The second-order valence-corrected chi connectivity index (χ2v) is 4.77. The highest BCUT2D eigenvalue weighted by Crippen LogP contribution is 2.24. The lowest BCUT2D eigenvalue weighted by molar-refractivity contribution is 0.0693. The number of benzene rings is 1. The van der Waals surface area contributed by atoms with Gasteiger partial charge >= 0.3 is 5.97 Å². The van der Waals surface area contributed by atoms with E-state index in [0.29, 0.717) is 16.7 Å². The molecule has 1 aromatic heterocycles. The van der Waals surface area contributed by atoms with Crippen molar-refractivity contribution in [3.05, 3.63) is 35.2 Å². The molecule has 0 aliphatic carbocycles. The maximum absolute atomic E-state index is 11.1. The highest BCUT2D eigenvalue weighted by molar-refractivity contribution is 7.98. The lowest BCUT2D eigenvalue weighted by Crippen LogP contribution is -2.01. The van der Waals surface area contributed by atoms with E-state index in [1.807, 2.05) is 13.0 Å². The molecule has 0 amide bonds. The van der Waals surface area contributed by atoms with E-state index in [1.54, 1.807) is 12.1 Å². The van der Waals surface area contributed by atoms with Crippen LogP contribution < -0.4 is 4.74 Å². The lowest BCUT2D eigenvalue weighted by Gasteiger charge is -2.06. The minimum Gasteiger partial charge on any atom is -0.496 e. The summed E-state index contributed by atoms with van der Waals surface area (Å²) in [4.78, 5) is 15.3. The molecular formula is C12H13N3O3S. The van der Waals surface area contributed by atoms with Crippen LogP contribution in [-0.2, 0) is 5.75 Å². The van der Waals surface area contributed by atoms with Gasteiger partial charge in [0.15, 0.2) is 0 Å². The Morgan fingerprint density at radius 2 is 2.32 bits per heavy atom. The Bertz CT molecular complexity index is 598. The van der Waals surface area contributed by atoms with Gasteiger partial charge in [-0.2, -0.15) is 0 Å². The molecule has 0 saturated heterocycles. The predicted molar refractivity (Wildman–Crippen MR) is 70.6 cm³/mol. The predicted octanol–water partition coefficient (Wildman–Crippen LogP) is 2.11. The minimum absolute atomic E-state index is 0.159. The SMILES string of the molecule is COc1ccc(CSc2n[nH]c(C)n2)cc1C(=O)O. The largest absolute Gasteiger partial charge is 0.496 e. The maximum atomic E-state index is 11.1. The number of nitrogens with one attached hydrogen (secondary N) is 1. The van der Waals surface area contributed by atoms with Gasteiger partial charge in [0, 0.05) is 5.75 Å². The maximum Gasteiger partial charge on any atom is 0.339 e. The molecule has 2 N–H and O–H groups in total. The zero-order valence-electron chi connectivity index (χ0n) is 10.5. The van der Waals surface area contributed by atoms with Crippen molar-refractivity contribution in [3.8, 4) is 5.75 Å². The van der Waals surface area contributed by atoms with Crippen LogP contribution in [0.1, 0.15) is 21.7 Å². The summed E-state index contributed by atoms with van der Waals surface area (Å²) >= 11 is 1.44. The summed E-state index contributed by atoms with van der Waals surface area (Å²) in [6.45, 7) is 1.83. The fourth-order valence-corrected chi connectivity index (χ4v) is 2.33. The summed E-state index contributed by atoms with van der Waals surface area (Å²) < 4.78 is 5.01. The molecular weight excluding hydrogens is 266 g/mol. The third kappa shape index (κ3) is 3.25. The summed E-state index contributed by atoms with van der Waals surface area (Å²) in [6, 6.07) is 5.09. The van der Waals surface area contributed by atoms with E-state index < -0.39 is 5.97 Å². The molecule has 0 fully saturated rings. The van der Waals surface area contributed by atoms with Gasteiger partial charge in [-0.15, -0.1) is 5.10 Å². The molecule has 0 atom stereocenters. The fraction of sp³-hybridized carbons (Fsp3) is 0.250. The number of nitrogens with zero attached hydrogens (tertiary/aromatic N) is 2. The first-order valence-corrected chi connectivity index (χ1v) is 6.50. The number of aryl methyl sites for hydroxylation is 1. The molecule has 0 unspecified atom stereocenters. The van der Waals surface area contributed by atoms with Crippen LogP contribution in [-0.4, -0.2) is 33.4 Å². The highest BCUT2D eigenvalue weighted by Gasteiger charge is 2.12. The Kier molecular flexibility index (Phi) is 4.06. The van der Waals surface area contributed by atoms with Crippen molar-refractivity contribution in [1.29, 1.82) is 0 Å². The van der Waals surface area contributed by atoms with Crippen molar-refractivity contribution < 1.29 is 14.6 Å². The van der Waals surface area contributed by atoms with Gasteiger partial charge in [-0.25, -0.2) is 9.78 Å². The van der Waals surface area contributed by atoms with Crippen LogP contribution in [0.4, 0.5) is 0 Å². The first-order valence-electron chi connectivity index (χ1n) is 5.52. The summed E-state index contributed by atoms with van der Waals surface area (Å²) in [5.74, 6) is 0.706. The zero-order valence-corrected chi connectivity index (χ0v) is 11.3. The molecule has 6 nitrogen and oxygen atoms in total. The van der Waals surface area contributed by atoms with Crippen LogP contribution in [0.3, 0.4) is 0 Å². The number of methoxy groups -OCH3 is 1. The van der Waals surface area contributed by atoms with Crippen molar-refractivity contribution >= 4 is 17.7 Å². The number of carboxylic acids is 1. The Balaban J connectivity index is 2.12. The molecule has 0 radical (unpaired) electrons. The Morgan fingerprint density at radius 3 is 2.89 bits per heavy atom. The lowest BCUT2D eigenvalue weighted by atomic mass is 10.1. The number of rotatable bonds is 5. The number of aromatic nitrogens is 3. The van der Waals surface area contributed by atoms with E-state index in [4.69, 9.17) is 9.84 Å². The number of ether oxygens (including phenoxy) is 1. The smallest absolute Gasteiger partial charge is 0.339 e. The molecule has 1 aromatic carbocycles.